The van der Waals surface area contributed by atoms with Gasteiger partial charge in [-0.2, -0.15) is 0 Å². The third-order valence-electron chi connectivity index (χ3n) is 3.77. The van der Waals surface area contributed by atoms with Crippen LogP contribution < -0.4 is 5.73 Å². The second kappa shape index (κ2) is 3.81. The lowest BCUT2D eigenvalue weighted by molar-refractivity contribution is 0.610. The Hall–Kier alpha value is -1.41. The van der Waals surface area contributed by atoms with Crippen molar-refractivity contribution >= 4 is 10.9 Å². The fourth-order valence-corrected chi connectivity index (χ4v) is 2.33. The molecule has 0 spiro atoms. The maximum atomic E-state index is 6.15. The van der Waals surface area contributed by atoms with Crippen LogP contribution >= 0.6 is 0 Å². The number of nitrogens with two attached hydrogens (primary N) is 1. The van der Waals surface area contributed by atoms with Crippen LogP contribution in [-0.2, 0) is 6.42 Å². The molecule has 0 amide bonds. The second-order valence-corrected chi connectivity index (χ2v) is 5.35. The predicted octanol–water partition coefficient (Wildman–Crippen LogP) is 2.97. The van der Waals surface area contributed by atoms with Crippen molar-refractivity contribution in [3.63, 3.8) is 0 Å². The van der Waals surface area contributed by atoms with Crippen LogP contribution in [0.3, 0.4) is 0 Å². The van der Waals surface area contributed by atoms with Crippen molar-refractivity contribution in [3.05, 3.63) is 41.6 Å². The van der Waals surface area contributed by atoms with Crippen molar-refractivity contribution in [3.8, 4) is 0 Å². The highest BCUT2D eigenvalue weighted by Crippen LogP contribution is 2.37. The molecule has 0 radical (unpaired) electrons. The van der Waals surface area contributed by atoms with Crippen LogP contribution in [0.15, 0.2) is 30.5 Å². The van der Waals surface area contributed by atoms with Crippen LogP contribution in [0.25, 0.3) is 10.9 Å². The summed E-state index contributed by atoms with van der Waals surface area (Å²) in [5.41, 5.74) is 10.1. The lowest BCUT2D eigenvalue weighted by Gasteiger charge is -2.10. The number of aromatic nitrogens is 1. The first-order valence-electron chi connectivity index (χ1n) is 6.29. The standard InChI is InChI=1S/C15H18N2/c1-11-2-3-14-13(10-11)12(5-9-17-14)4-6-15(16)7-8-15/h2-3,5,9-10H,4,6-8,16H2,1H3. The zero-order valence-corrected chi connectivity index (χ0v) is 10.2. The molecule has 1 aromatic carbocycles. The molecule has 17 heavy (non-hydrogen) atoms. The molecule has 0 saturated heterocycles. The molecule has 2 heteroatoms. The second-order valence-electron chi connectivity index (χ2n) is 5.35. The fraction of sp³-hybridized carbons (Fsp3) is 0.400. The summed E-state index contributed by atoms with van der Waals surface area (Å²) in [6, 6.07) is 8.58. The molecule has 3 rings (SSSR count). The topological polar surface area (TPSA) is 38.9 Å². The number of benzene rings is 1. The Morgan fingerprint density at radius 3 is 2.88 bits per heavy atom. The maximum Gasteiger partial charge on any atom is 0.0704 e. The van der Waals surface area contributed by atoms with E-state index in [-0.39, 0.29) is 5.54 Å². The molecule has 88 valence electrons. The predicted molar refractivity (Wildman–Crippen MR) is 71.0 cm³/mol. The van der Waals surface area contributed by atoms with Crippen LogP contribution in [0.2, 0.25) is 0 Å². The van der Waals surface area contributed by atoms with E-state index < -0.39 is 0 Å². The first-order chi connectivity index (χ1) is 8.16. The molecule has 0 aliphatic heterocycles. The summed E-state index contributed by atoms with van der Waals surface area (Å²) < 4.78 is 0. The van der Waals surface area contributed by atoms with Crippen molar-refractivity contribution < 1.29 is 0 Å². The van der Waals surface area contributed by atoms with E-state index in [1.54, 1.807) is 0 Å². The summed E-state index contributed by atoms with van der Waals surface area (Å²) in [5, 5.41) is 1.29. The van der Waals surface area contributed by atoms with E-state index in [2.05, 4.69) is 36.2 Å². The van der Waals surface area contributed by atoms with Gasteiger partial charge < -0.3 is 5.73 Å². The molecule has 1 aliphatic rings. The average molecular weight is 226 g/mol. The van der Waals surface area contributed by atoms with Crippen LogP contribution in [0.4, 0.5) is 0 Å². The van der Waals surface area contributed by atoms with Gasteiger partial charge in [0.05, 0.1) is 5.52 Å². The van der Waals surface area contributed by atoms with E-state index in [4.69, 9.17) is 5.73 Å². The van der Waals surface area contributed by atoms with Gasteiger partial charge in [0, 0.05) is 17.1 Å². The molecule has 1 aromatic heterocycles. The van der Waals surface area contributed by atoms with Gasteiger partial charge in [-0.3, -0.25) is 4.98 Å². The van der Waals surface area contributed by atoms with Gasteiger partial charge in [0.15, 0.2) is 0 Å². The average Bonchev–Trinajstić information content (AvgIpc) is 3.05. The van der Waals surface area contributed by atoms with Crippen LogP contribution in [0.1, 0.15) is 30.4 Å². The summed E-state index contributed by atoms with van der Waals surface area (Å²) in [7, 11) is 0. The number of hydrogen-bond acceptors (Lipinski definition) is 2. The molecule has 0 bridgehead atoms. The van der Waals surface area contributed by atoms with Gasteiger partial charge in [0.25, 0.3) is 0 Å². The highest BCUT2D eigenvalue weighted by atomic mass is 14.8. The van der Waals surface area contributed by atoms with Crippen molar-refractivity contribution in [2.24, 2.45) is 5.73 Å². The minimum Gasteiger partial charge on any atom is -0.325 e. The lowest BCUT2D eigenvalue weighted by atomic mass is 10.00. The Labute approximate surface area is 102 Å². The summed E-state index contributed by atoms with van der Waals surface area (Å²) in [6.45, 7) is 2.13. The maximum absolute atomic E-state index is 6.15. The summed E-state index contributed by atoms with van der Waals surface area (Å²) in [4.78, 5) is 4.41. The van der Waals surface area contributed by atoms with E-state index in [0.717, 1.165) is 18.4 Å². The van der Waals surface area contributed by atoms with Gasteiger partial charge in [-0.25, -0.2) is 0 Å². The number of hydrogen-bond donors (Lipinski definition) is 1. The van der Waals surface area contributed by atoms with Gasteiger partial charge in [0.1, 0.15) is 0 Å². The molecular formula is C15H18N2. The molecule has 1 aliphatic carbocycles. The monoisotopic (exact) mass is 226 g/mol. The molecule has 1 fully saturated rings. The van der Waals surface area contributed by atoms with E-state index in [1.807, 2.05) is 6.20 Å². The van der Waals surface area contributed by atoms with E-state index in [1.165, 1.54) is 29.4 Å². The highest BCUT2D eigenvalue weighted by molar-refractivity contribution is 5.82. The van der Waals surface area contributed by atoms with Crippen molar-refractivity contribution in [2.75, 3.05) is 0 Å². The summed E-state index contributed by atoms with van der Waals surface area (Å²) in [5.74, 6) is 0. The van der Waals surface area contributed by atoms with E-state index in [9.17, 15) is 0 Å². The Kier molecular flexibility index (Phi) is 2.40. The first-order valence-corrected chi connectivity index (χ1v) is 6.29. The Balaban J connectivity index is 1.94. The summed E-state index contributed by atoms with van der Waals surface area (Å²) >= 11 is 0. The zero-order valence-electron chi connectivity index (χ0n) is 10.2. The fourth-order valence-electron chi connectivity index (χ4n) is 2.33. The molecule has 2 nitrogen and oxygen atoms in total. The zero-order chi connectivity index (χ0) is 11.9. The molecule has 1 saturated carbocycles. The minimum atomic E-state index is 0.138. The Morgan fingerprint density at radius 2 is 2.12 bits per heavy atom. The SMILES string of the molecule is Cc1ccc2nccc(CCC3(N)CC3)c2c1. The number of fused-ring (bicyclic) bond motifs is 1. The lowest BCUT2D eigenvalue weighted by Crippen LogP contribution is -2.22. The first kappa shape index (κ1) is 10.7. The smallest absolute Gasteiger partial charge is 0.0704 e. The van der Waals surface area contributed by atoms with Crippen molar-refractivity contribution in [2.45, 2.75) is 38.1 Å². The van der Waals surface area contributed by atoms with Crippen LogP contribution in [0, 0.1) is 6.92 Å². The summed E-state index contributed by atoms with van der Waals surface area (Å²) in [6.07, 6.45) is 6.45. The van der Waals surface area contributed by atoms with E-state index >= 15 is 0 Å². The third-order valence-corrected chi connectivity index (χ3v) is 3.77. The van der Waals surface area contributed by atoms with E-state index in [0.29, 0.717) is 0 Å². The molecule has 2 N–H and O–H groups in total. The number of rotatable bonds is 3. The molecule has 1 heterocycles. The van der Waals surface area contributed by atoms with Crippen molar-refractivity contribution in [1.82, 2.24) is 4.98 Å². The minimum absolute atomic E-state index is 0.138. The van der Waals surface area contributed by atoms with Crippen LogP contribution in [0.5, 0.6) is 0 Å². The van der Waals surface area contributed by atoms with Gasteiger partial charge in [-0.05, 0) is 56.4 Å². The Bertz CT molecular complexity index is 556. The number of nitrogens with zero attached hydrogens (tertiary/aromatic N) is 1. The van der Waals surface area contributed by atoms with Crippen LogP contribution in [-0.4, -0.2) is 10.5 Å². The highest BCUT2D eigenvalue weighted by Gasteiger charge is 2.37. The number of aryl methyl sites for hydroxylation is 2. The quantitative estimate of drug-likeness (QED) is 0.874. The molecule has 0 unspecified atom stereocenters. The molecule has 0 atom stereocenters. The number of pyridine rings is 1. The van der Waals surface area contributed by atoms with Gasteiger partial charge in [0.2, 0.25) is 0 Å². The van der Waals surface area contributed by atoms with Crippen molar-refractivity contribution in [1.29, 1.82) is 0 Å². The molecule has 2 aromatic rings. The van der Waals surface area contributed by atoms with Gasteiger partial charge in [-0.1, -0.05) is 11.6 Å². The third kappa shape index (κ3) is 2.18. The van der Waals surface area contributed by atoms with Gasteiger partial charge in [-0.15, -0.1) is 0 Å². The normalized spacial score (nSPS) is 17.3. The Morgan fingerprint density at radius 1 is 1.29 bits per heavy atom. The largest absolute Gasteiger partial charge is 0.325 e. The molecular weight excluding hydrogens is 208 g/mol. The van der Waals surface area contributed by atoms with Gasteiger partial charge >= 0.3 is 0 Å².